The zero-order valence-corrected chi connectivity index (χ0v) is 19.3. The molecule has 1 aliphatic heterocycles. The summed E-state index contributed by atoms with van der Waals surface area (Å²) in [5, 5.41) is 1.14. The lowest BCUT2D eigenvalue weighted by molar-refractivity contribution is -0.181. The largest absolute Gasteiger partial charge is 0.446 e. The first-order valence-corrected chi connectivity index (χ1v) is 11.6. The third kappa shape index (κ3) is 8.76. The molecule has 14 heteroatoms. The van der Waals surface area contributed by atoms with Crippen LogP contribution < -0.4 is 15.2 Å². The molecule has 1 aromatic rings. The zero-order valence-electron chi connectivity index (χ0n) is 18.4. The molecule has 2 rings (SSSR count). The number of amidine groups is 1. The van der Waals surface area contributed by atoms with E-state index in [4.69, 9.17) is 15.3 Å². The van der Waals surface area contributed by atoms with Gasteiger partial charge in [0.25, 0.3) is 5.91 Å². The number of hydrogen-bond donors (Lipinski definition) is 3. The van der Waals surface area contributed by atoms with Crippen LogP contribution in [-0.4, -0.2) is 76.3 Å². The first kappa shape index (κ1) is 26.2. The van der Waals surface area contributed by atoms with Crippen LogP contribution in [-0.2, 0) is 29.3 Å². The number of hydroxylamine groups is 2. The molecule has 13 nitrogen and oxygen atoms in total. The van der Waals surface area contributed by atoms with E-state index >= 15 is 0 Å². The molecule has 33 heavy (non-hydrogen) atoms. The fourth-order valence-corrected chi connectivity index (χ4v) is 3.39. The average molecular weight is 485 g/mol. The molecule has 4 N–H and O–H groups in total. The number of carbonyl (C=O) groups excluding carboxylic acids is 2. The molecule has 0 aliphatic carbocycles. The fourth-order valence-electron chi connectivity index (χ4n) is 2.69. The molecule has 2 amide bonds. The lowest BCUT2D eigenvalue weighted by Gasteiger charge is -2.22. The van der Waals surface area contributed by atoms with Gasteiger partial charge in [-0.3, -0.25) is 14.6 Å². The summed E-state index contributed by atoms with van der Waals surface area (Å²) in [4.78, 5) is 38.3. The van der Waals surface area contributed by atoms with Gasteiger partial charge in [-0.25, -0.2) is 19.6 Å². The van der Waals surface area contributed by atoms with Gasteiger partial charge >= 0.3 is 16.3 Å². The van der Waals surface area contributed by atoms with E-state index in [0.717, 1.165) is 5.06 Å². The number of rotatable bonds is 12. The zero-order chi connectivity index (χ0) is 24.3. The molecule has 0 unspecified atom stereocenters. The van der Waals surface area contributed by atoms with Crippen LogP contribution in [0.1, 0.15) is 25.3 Å². The third-order valence-electron chi connectivity index (χ3n) is 4.11. The van der Waals surface area contributed by atoms with Crippen molar-refractivity contribution in [3.63, 3.8) is 0 Å². The van der Waals surface area contributed by atoms with Gasteiger partial charge in [-0.15, -0.1) is 0 Å². The van der Waals surface area contributed by atoms with Crippen LogP contribution in [0.3, 0.4) is 0 Å². The molecule has 0 bridgehead atoms. The summed E-state index contributed by atoms with van der Waals surface area (Å²) in [5.74, 6) is -0.156. The van der Waals surface area contributed by atoms with Crippen LogP contribution >= 0.6 is 0 Å². The SMILES string of the molecule is CCCN(OCCNS(=O)(=O)NC(=O)OCCOC)C(=O)C1=Cc2ccncc2N=C(N)C1. The second-order valence-corrected chi connectivity index (χ2v) is 8.25. The summed E-state index contributed by atoms with van der Waals surface area (Å²) in [7, 11) is -2.75. The smallest absolute Gasteiger partial charge is 0.421 e. The van der Waals surface area contributed by atoms with Crippen molar-refractivity contribution in [1.29, 1.82) is 0 Å². The van der Waals surface area contributed by atoms with Crippen LogP contribution in [0.2, 0.25) is 0 Å². The molecule has 0 saturated carbocycles. The summed E-state index contributed by atoms with van der Waals surface area (Å²) < 4.78 is 36.9. The molecule has 0 radical (unpaired) electrons. The van der Waals surface area contributed by atoms with Crippen molar-refractivity contribution < 1.29 is 32.3 Å². The first-order chi connectivity index (χ1) is 15.8. The maximum atomic E-state index is 13.0. The highest BCUT2D eigenvalue weighted by atomic mass is 32.2. The monoisotopic (exact) mass is 484 g/mol. The Hall–Kier alpha value is -3.07. The van der Waals surface area contributed by atoms with Crippen LogP contribution in [0.4, 0.5) is 10.5 Å². The van der Waals surface area contributed by atoms with Crippen LogP contribution in [0.15, 0.2) is 29.0 Å². The van der Waals surface area contributed by atoms with Crippen molar-refractivity contribution in [2.45, 2.75) is 19.8 Å². The minimum absolute atomic E-state index is 0.0961. The fraction of sp³-hybridized carbons (Fsp3) is 0.474. The number of fused-ring (bicyclic) bond motifs is 1. The Balaban J connectivity index is 1.93. The van der Waals surface area contributed by atoms with Crippen LogP contribution in [0.25, 0.3) is 6.08 Å². The number of methoxy groups -OCH3 is 1. The number of carbonyl (C=O) groups is 2. The van der Waals surface area contributed by atoms with E-state index in [1.807, 2.05) is 6.92 Å². The molecular formula is C19H28N6O7S. The Morgan fingerprint density at radius 3 is 2.79 bits per heavy atom. The maximum absolute atomic E-state index is 13.0. The van der Waals surface area contributed by atoms with Gasteiger partial charge < -0.3 is 15.2 Å². The molecule has 1 aromatic heterocycles. The van der Waals surface area contributed by atoms with Crippen molar-refractivity contribution in [1.82, 2.24) is 19.5 Å². The average Bonchev–Trinajstić information content (AvgIpc) is 2.93. The van der Waals surface area contributed by atoms with E-state index in [0.29, 0.717) is 23.2 Å². The lowest BCUT2D eigenvalue weighted by Crippen LogP contribution is -2.43. The number of hydrogen-bond acceptors (Lipinski definition) is 10. The topological polar surface area (TPSA) is 175 Å². The number of ether oxygens (including phenoxy) is 2. The molecule has 1 aliphatic rings. The van der Waals surface area contributed by atoms with Crippen LogP contribution in [0, 0.1) is 0 Å². The van der Waals surface area contributed by atoms with Crippen molar-refractivity contribution in [2.24, 2.45) is 10.7 Å². The predicted molar refractivity (Wildman–Crippen MR) is 119 cm³/mol. The molecule has 0 saturated heterocycles. The Morgan fingerprint density at radius 1 is 1.27 bits per heavy atom. The van der Waals surface area contributed by atoms with Gasteiger partial charge in [0.05, 0.1) is 25.1 Å². The molecule has 0 atom stereocenters. The quantitative estimate of drug-likeness (QED) is 0.277. The van der Waals surface area contributed by atoms with Crippen molar-refractivity contribution in [3.05, 3.63) is 29.6 Å². The molecule has 2 heterocycles. The van der Waals surface area contributed by atoms with Gasteiger partial charge in [0.1, 0.15) is 12.4 Å². The van der Waals surface area contributed by atoms with Crippen LogP contribution in [0.5, 0.6) is 0 Å². The molecule has 0 fully saturated rings. The van der Waals surface area contributed by atoms with Crippen molar-refractivity contribution in [3.8, 4) is 0 Å². The number of amides is 2. The highest BCUT2D eigenvalue weighted by Gasteiger charge is 2.22. The minimum Gasteiger partial charge on any atom is -0.446 e. The minimum atomic E-state index is -4.16. The summed E-state index contributed by atoms with van der Waals surface area (Å²) in [6.45, 7) is 1.80. The van der Waals surface area contributed by atoms with Gasteiger partial charge in [0, 0.05) is 44.0 Å². The maximum Gasteiger partial charge on any atom is 0.421 e. The normalized spacial score (nSPS) is 13.3. The van der Waals surface area contributed by atoms with E-state index in [9.17, 15) is 18.0 Å². The van der Waals surface area contributed by atoms with Gasteiger partial charge in [0.2, 0.25) is 0 Å². The number of nitrogens with zero attached hydrogens (tertiary/aromatic N) is 3. The van der Waals surface area contributed by atoms with Crippen molar-refractivity contribution >= 4 is 39.8 Å². The number of nitrogens with two attached hydrogens (primary N) is 1. The molecule has 0 spiro atoms. The molecule has 0 aromatic carbocycles. The van der Waals surface area contributed by atoms with E-state index in [1.54, 1.807) is 29.3 Å². The predicted octanol–water partition coefficient (Wildman–Crippen LogP) is 0.235. The summed E-state index contributed by atoms with van der Waals surface area (Å²) in [6, 6.07) is 1.72. The summed E-state index contributed by atoms with van der Waals surface area (Å²) in [6.07, 6.45) is 4.40. The highest BCUT2D eigenvalue weighted by molar-refractivity contribution is 7.88. The van der Waals surface area contributed by atoms with E-state index < -0.39 is 22.2 Å². The number of aromatic nitrogens is 1. The standard InChI is InChI=1S/C19H28N6O7S/c1-3-7-25(32-8-6-22-33(28,29)24-19(27)31-10-9-30-2)18(26)15-11-14-4-5-21-13-16(14)23-17(20)12-15/h4-5,11,13,22H,3,6-10,12H2,1-2H3,(H2,20,23)(H,24,27). The number of nitrogens with one attached hydrogen (secondary N) is 2. The molecule has 182 valence electrons. The highest BCUT2D eigenvalue weighted by Crippen LogP contribution is 2.26. The van der Waals surface area contributed by atoms with Gasteiger partial charge in [-0.05, 0) is 18.6 Å². The van der Waals surface area contributed by atoms with Gasteiger partial charge in [0.15, 0.2) is 0 Å². The van der Waals surface area contributed by atoms with Gasteiger partial charge in [-0.2, -0.15) is 13.1 Å². The number of pyridine rings is 1. The lowest BCUT2D eigenvalue weighted by atomic mass is 10.1. The summed E-state index contributed by atoms with van der Waals surface area (Å²) in [5.41, 5.74) is 7.57. The number of aliphatic imine (C=N–C) groups is 1. The molecular weight excluding hydrogens is 456 g/mol. The Bertz CT molecular complexity index is 996. The Labute approximate surface area is 192 Å². The Kier molecular flexibility index (Phi) is 10.2. The van der Waals surface area contributed by atoms with E-state index in [-0.39, 0.29) is 45.2 Å². The summed E-state index contributed by atoms with van der Waals surface area (Å²) >= 11 is 0. The Morgan fingerprint density at radius 2 is 2.06 bits per heavy atom. The second kappa shape index (κ2) is 12.8. The second-order valence-electron chi connectivity index (χ2n) is 6.75. The first-order valence-electron chi connectivity index (χ1n) is 10.1. The van der Waals surface area contributed by atoms with E-state index in [2.05, 4.69) is 19.4 Å². The van der Waals surface area contributed by atoms with E-state index in [1.165, 1.54) is 7.11 Å². The van der Waals surface area contributed by atoms with Gasteiger partial charge in [-0.1, -0.05) is 6.92 Å². The van der Waals surface area contributed by atoms with Crippen molar-refractivity contribution in [2.75, 3.05) is 40.0 Å². The third-order valence-corrected chi connectivity index (χ3v) is 5.13.